The molecule has 2 N–H and O–H groups in total. The number of hydrogen-bond acceptors (Lipinski definition) is 5. The summed E-state index contributed by atoms with van der Waals surface area (Å²) in [6, 6.07) is 12.2. The lowest BCUT2D eigenvalue weighted by molar-refractivity contribution is 1.08. The minimum atomic E-state index is 0.574. The zero-order valence-electron chi connectivity index (χ0n) is 9.54. The van der Waals surface area contributed by atoms with Crippen LogP contribution in [-0.4, -0.2) is 9.97 Å². The lowest BCUT2D eigenvalue weighted by Gasteiger charge is -2.02. The van der Waals surface area contributed by atoms with Gasteiger partial charge in [-0.15, -0.1) is 23.1 Å². The van der Waals surface area contributed by atoms with Crippen molar-refractivity contribution in [3.05, 3.63) is 47.6 Å². The molecule has 0 amide bonds. The molecule has 0 radical (unpaired) electrons. The smallest absolute Gasteiger partial charge is 0.142 e. The Morgan fingerprint density at radius 3 is 2.78 bits per heavy atom. The van der Waals surface area contributed by atoms with E-state index in [2.05, 4.69) is 22.1 Å². The third-order valence-corrected chi connectivity index (χ3v) is 4.33. The van der Waals surface area contributed by atoms with Crippen LogP contribution in [0.5, 0.6) is 0 Å². The number of fused-ring (bicyclic) bond motifs is 1. The third kappa shape index (κ3) is 2.32. The summed E-state index contributed by atoms with van der Waals surface area (Å²) in [5, 5.41) is 2.94. The van der Waals surface area contributed by atoms with E-state index in [1.54, 1.807) is 23.1 Å². The largest absolute Gasteiger partial charge is 0.383 e. The molecule has 3 rings (SSSR count). The van der Waals surface area contributed by atoms with Crippen molar-refractivity contribution in [1.29, 1.82) is 0 Å². The summed E-state index contributed by atoms with van der Waals surface area (Å²) in [4.78, 5) is 11.0. The molecule has 18 heavy (non-hydrogen) atoms. The number of rotatable bonds is 3. The van der Waals surface area contributed by atoms with Crippen molar-refractivity contribution in [2.24, 2.45) is 0 Å². The quantitative estimate of drug-likeness (QED) is 0.741. The van der Waals surface area contributed by atoms with Crippen LogP contribution in [0.25, 0.3) is 10.2 Å². The van der Waals surface area contributed by atoms with E-state index in [4.69, 9.17) is 5.73 Å². The SMILES string of the molecule is Nc1nc(CSc2ccccc2)nc2sccc12. The first-order valence-corrected chi connectivity index (χ1v) is 7.37. The zero-order valence-corrected chi connectivity index (χ0v) is 11.2. The van der Waals surface area contributed by atoms with Crippen molar-refractivity contribution in [2.75, 3.05) is 5.73 Å². The molecular weight excluding hydrogens is 262 g/mol. The molecule has 1 aromatic carbocycles. The molecule has 0 spiro atoms. The van der Waals surface area contributed by atoms with Gasteiger partial charge in [0, 0.05) is 4.90 Å². The van der Waals surface area contributed by atoms with Gasteiger partial charge in [-0.1, -0.05) is 18.2 Å². The van der Waals surface area contributed by atoms with Crippen molar-refractivity contribution >= 4 is 39.1 Å². The van der Waals surface area contributed by atoms with Crippen LogP contribution in [0.1, 0.15) is 5.82 Å². The van der Waals surface area contributed by atoms with Gasteiger partial charge in [0.2, 0.25) is 0 Å². The highest BCUT2D eigenvalue weighted by Gasteiger charge is 2.06. The molecule has 0 aliphatic rings. The maximum Gasteiger partial charge on any atom is 0.142 e. The summed E-state index contributed by atoms with van der Waals surface area (Å²) in [5.74, 6) is 2.10. The summed E-state index contributed by atoms with van der Waals surface area (Å²) < 4.78 is 0. The van der Waals surface area contributed by atoms with Gasteiger partial charge in [0.1, 0.15) is 16.5 Å². The van der Waals surface area contributed by atoms with Crippen LogP contribution >= 0.6 is 23.1 Å². The summed E-state index contributed by atoms with van der Waals surface area (Å²) in [5.41, 5.74) is 5.92. The average Bonchev–Trinajstić information content (AvgIpc) is 2.86. The third-order valence-electron chi connectivity index (χ3n) is 2.51. The minimum absolute atomic E-state index is 0.574. The Balaban J connectivity index is 1.82. The predicted octanol–water partition coefficient (Wildman–Crippen LogP) is 3.57. The van der Waals surface area contributed by atoms with Gasteiger partial charge in [0.05, 0.1) is 11.1 Å². The number of nitrogens with two attached hydrogens (primary N) is 1. The van der Waals surface area contributed by atoms with Gasteiger partial charge < -0.3 is 5.73 Å². The van der Waals surface area contributed by atoms with E-state index in [0.717, 1.165) is 21.8 Å². The Labute approximate surface area is 113 Å². The highest BCUT2D eigenvalue weighted by Crippen LogP contribution is 2.26. The fourth-order valence-corrected chi connectivity index (χ4v) is 3.22. The van der Waals surface area contributed by atoms with Crippen molar-refractivity contribution in [2.45, 2.75) is 10.6 Å². The Bertz CT molecular complexity index is 664. The fourth-order valence-electron chi connectivity index (χ4n) is 1.65. The predicted molar refractivity (Wildman–Crippen MR) is 77.8 cm³/mol. The monoisotopic (exact) mass is 273 g/mol. The molecule has 0 aliphatic heterocycles. The number of anilines is 1. The first kappa shape index (κ1) is 11.5. The average molecular weight is 273 g/mol. The highest BCUT2D eigenvalue weighted by molar-refractivity contribution is 7.98. The number of aromatic nitrogens is 2. The summed E-state index contributed by atoms with van der Waals surface area (Å²) >= 11 is 3.31. The molecule has 3 aromatic rings. The van der Waals surface area contributed by atoms with Crippen LogP contribution in [-0.2, 0) is 5.75 Å². The fraction of sp³-hybridized carbons (Fsp3) is 0.0769. The maximum atomic E-state index is 5.92. The number of thiophene rings is 1. The number of benzene rings is 1. The van der Waals surface area contributed by atoms with Crippen LogP contribution in [0.2, 0.25) is 0 Å². The van der Waals surface area contributed by atoms with Gasteiger partial charge in [0.15, 0.2) is 0 Å². The first-order valence-electron chi connectivity index (χ1n) is 5.50. The number of thioether (sulfide) groups is 1. The molecule has 0 fully saturated rings. The summed E-state index contributed by atoms with van der Waals surface area (Å²) in [6.45, 7) is 0. The topological polar surface area (TPSA) is 51.8 Å². The standard InChI is InChI=1S/C13H11N3S2/c14-12-10-6-7-17-13(10)16-11(15-12)8-18-9-4-2-1-3-5-9/h1-7H,8H2,(H2,14,15,16). The second-order valence-corrected chi connectivity index (χ2v) is 5.71. The van der Waals surface area contributed by atoms with Crippen molar-refractivity contribution in [3.8, 4) is 0 Å². The van der Waals surface area contributed by atoms with Crippen LogP contribution in [0.15, 0.2) is 46.7 Å². The second kappa shape index (κ2) is 4.96. The minimum Gasteiger partial charge on any atom is -0.383 e. The van der Waals surface area contributed by atoms with Gasteiger partial charge in [0.25, 0.3) is 0 Å². The van der Waals surface area contributed by atoms with Crippen molar-refractivity contribution < 1.29 is 0 Å². The van der Waals surface area contributed by atoms with Crippen molar-refractivity contribution in [1.82, 2.24) is 9.97 Å². The molecule has 0 aliphatic carbocycles. The number of hydrogen-bond donors (Lipinski definition) is 1. The second-order valence-electron chi connectivity index (χ2n) is 3.77. The van der Waals surface area contributed by atoms with Crippen LogP contribution < -0.4 is 5.73 Å². The molecule has 3 nitrogen and oxygen atoms in total. The van der Waals surface area contributed by atoms with Crippen LogP contribution in [0, 0.1) is 0 Å². The van der Waals surface area contributed by atoms with Crippen LogP contribution in [0.3, 0.4) is 0 Å². The first-order chi connectivity index (χ1) is 8.83. The van der Waals surface area contributed by atoms with Gasteiger partial charge in [-0.3, -0.25) is 0 Å². The van der Waals surface area contributed by atoms with E-state index >= 15 is 0 Å². The number of nitrogen functional groups attached to an aromatic ring is 1. The van der Waals surface area contributed by atoms with E-state index in [1.807, 2.05) is 29.6 Å². The van der Waals surface area contributed by atoms with Crippen molar-refractivity contribution in [3.63, 3.8) is 0 Å². The normalized spacial score (nSPS) is 10.9. The Morgan fingerprint density at radius 2 is 1.94 bits per heavy atom. The van der Waals surface area contributed by atoms with E-state index in [9.17, 15) is 0 Å². The van der Waals surface area contributed by atoms with Gasteiger partial charge in [-0.05, 0) is 23.6 Å². The number of nitrogens with zero attached hydrogens (tertiary/aromatic N) is 2. The maximum absolute atomic E-state index is 5.92. The molecule has 0 unspecified atom stereocenters. The van der Waals surface area contributed by atoms with E-state index < -0.39 is 0 Å². The van der Waals surface area contributed by atoms with E-state index in [0.29, 0.717) is 5.82 Å². The Kier molecular flexibility index (Phi) is 3.17. The summed E-state index contributed by atoms with van der Waals surface area (Å²) in [6.07, 6.45) is 0. The summed E-state index contributed by atoms with van der Waals surface area (Å²) in [7, 11) is 0. The van der Waals surface area contributed by atoms with E-state index in [1.165, 1.54) is 4.90 Å². The Morgan fingerprint density at radius 1 is 1.11 bits per heavy atom. The molecule has 0 atom stereocenters. The molecule has 5 heteroatoms. The highest BCUT2D eigenvalue weighted by atomic mass is 32.2. The molecule has 90 valence electrons. The van der Waals surface area contributed by atoms with Gasteiger partial charge >= 0.3 is 0 Å². The van der Waals surface area contributed by atoms with E-state index in [-0.39, 0.29) is 0 Å². The van der Waals surface area contributed by atoms with Gasteiger partial charge in [-0.2, -0.15) is 0 Å². The molecule has 0 bridgehead atoms. The molecule has 0 saturated heterocycles. The zero-order chi connectivity index (χ0) is 12.4. The molecule has 2 aromatic heterocycles. The molecular formula is C13H11N3S2. The van der Waals surface area contributed by atoms with Gasteiger partial charge in [-0.25, -0.2) is 9.97 Å². The molecule has 0 saturated carbocycles. The Hall–Kier alpha value is -1.59. The molecule has 2 heterocycles. The van der Waals surface area contributed by atoms with Crippen LogP contribution in [0.4, 0.5) is 5.82 Å². The lowest BCUT2D eigenvalue weighted by Crippen LogP contribution is -1.98. The lowest BCUT2D eigenvalue weighted by atomic mass is 10.4.